The van der Waals surface area contributed by atoms with Gasteiger partial charge >= 0.3 is 0 Å². The fraction of sp³-hybridized carbons (Fsp3) is 0.476. The molecule has 2 aliphatic heterocycles. The molecule has 4 rings (SSSR count). The topological polar surface area (TPSA) is 56.8 Å². The summed E-state index contributed by atoms with van der Waals surface area (Å²) in [6, 6.07) is 10.4. The Morgan fingerprint density at radius 3 is 2.41 bits per heavy atom. The lowest BCUT2D eigenvalue weighted by Crippen LogP contribution is -2.31. The number of anilines is 1. The molecular weight excluding hydrogens is 391 g/mol. The number of hydrogen-bond acceptors (Lipinski definition) is 5. The van der Waals surface area contributed by atoms with E-state index in [9.17, 15) is 12.8 Å². The lowest BCUT2D eigenvalue weighted by Gasteiger charge is -2.23. The van der Waals surface area contributed by atoms with E-state index in [2.05, 4.69) is 14.8 Å². The molecule has 0 N–H and O–H groups in total. The van der Waals surface area contributed by atoms with Crippen LogP contribution in [-0.4, -0.2) is 61.9 Å². The second-order valence-corrected chi connectivity index (χ2v) is 9.61. The molecule has 0 aliphatic carbocycles. The Kier molecular flexibility index (Phi) is 6.12. The van der Waals surface area contributed by atoms with Crippen LogP contribution in [-0.2, 0) is 16.6 Å². The van der Waals surface area contributed by atoms with Crippen molar-refractivity contribution in [2.75, 3.05) is 44.2 Å². The molecule has 2 aromatic rings. The van der Waals surface area contributed by atoms with Gasteiger partial charge in [0.25, 0.3) is 0 Å². The third-order valence-electron chi connectivity index (χ3n) is 5.69. The Morgan fingerprint density at radius 1 is 0.897 bits per heavy atom. The van der Waals surface area contributed by atoms with E-state index >= 15 is 0 Å². The fourth-order valence-electron chi connectivity index (χ4n) is 4.02. The van der Waals surface area contributed by atoms with Gasteiger partial charge in [0.15, 0.2) is 0 Å². The van der Waals surface area contributed by atoms with E-state index in [0.717, 1.165) is 56.8 Å². The molecule has 8 heteroatoms. The van der Waals surface area contributed by atoms with Gasteiger partial charge in [-0.25, -0.2) is 17.8 Å². The number of aromatic nitrogens is 1. The van der Waals surface area contributed by atoms with Gasteiger partial charge in [0.05, 0.1) is 0 Å². The number of hydrogen-bond donors (Lipinski definition) is 0. The quantitative estimate of drug-likeness (QED) is 0.747. The van der Waals surface area contributed by atoms with Crippen LogP contribution in [0, 0.1) is 5.82 Å². The highest BCUT2D eigenvalue weighted by molar-refractivity contribution is 7.89. The predicted octanol–water partition coefficient (Wildman–Crippen LogP) is 2.72. The molecule has 1 aromatic heterocycles. The van der Waals surface area contributed by atoms with E-state index in [1.54, 1.807) is 18.2 Å². The molecule has 3 heterocycles. The van der Waals surface area contributed by atoms with Crippen molar-refractivity contribution in [3.8, 4) is 0 Å². The van der Waals surface area contributed by atoms with E-state index in [1.807, 2.05) is 12.1 Å². The zero-order chi connectivity index (χ0) is 20.3. The van der Waals surface area contributed by atoms with Crippen molar-refractivity contribution in [3.63, 3.8) is 0 Å². The van der Waals surface area contributed by atoms with Crippen LogP contribution in [0.4, 0.5) is 10.2 Å². The van der Waals surface area contributed by atoms with Crippen LogP contribution in [0.1, 0.15) is 24.8 Å². The Morgan fingerprint density at radius 2 is 1.69 bits per heavy atom. The van der Waals surface area contributed by atoms with Gasteiger partial charge in [0, 0.05) is 57.6 Å². The molecule has 2 fully saturated rings. The van der Waals surface area contributed by atoms with E-state index in [0.29, 0.717) is 19.6 Å². The summed E-state index contributed by atoms with van der Waals surface area (Å²) in [6.45, 7) is 5.11. The van der Waals surface area contributed by atoms with Gasteiger partial charge in [0.2, 0.25) is 10.0 Å². The SMILES string of the molecule is O=S(=O)(c1ccc(N2CCCN(Cc3ccccc3F)CC2)nc1)N1CCCC1. The van der Waals surface area contributed by atoms with Crippen molar-refractivity contribution in [3.05, 3.63) is 54.0 Å². The smallest absolute Gasteiger partial charge is 0.244 e. The van der Waals surface area contributed by atoms with Crippen LogP contribution in [0.3, 0.4) is 0 Å². The average molecular weight is 419 g/mol. The lowest BCUT2D eigenvalue weighted by atomic mass is 10.2. The van der Waals surface area contributed by atoms with Crippen molar-refractivity contribution in [1.29, 1.82) is 0 Å². The molecule has 0 spiro atoms. The highest BCUT2D eigenvalue weighted by atomic mass is 32.2. The van der Waals surface area contributed by atoms with Crippen LogP contribution < -0.4 is 4.90 Å². The molecule has 0 saturated carbocycles. The number of halogens is 1. The van der Waals surface area contributed by atoms with Crippen LogP contribution in [0.15, 0.2) is 47.5 Å². The van der Waals surface area contributed by atoms with Gasteiger partial charge in [-0.15, -0.1) is 0 Å². The molecular formula is C21H27FN4O2S. The minimum Gasteiger partial charge on any atom is -0.355 e. The third kappa shape index (κ3) is 4.60. The van der Waals surface area contributed by atoms with Gasteiger partial charge in [-0.05, 0) is 37.5 Å². The number of sulfonamides is 1. The van der Waals surface area contributed by atoms with Gasteiger partial charge < -0.3 is 4.90 Å². The Hall–Kier alpha value is -2.03. The summed E-state index contributed by atoms with van der Waals surface area (Å²) < 4.78 is 40.8. The summed E-state index contributed by atoms with van der Waals surface area (Å²) in [5.74, 6) is 0.628. The first-order valence-corrected chi connectivity index (χ1v) is 11.6. The molecule has 29 heavy (non-hydrogen) atoms. The molecule has 2 saturated heterocycles. The summed E-state index contributed by atoms with van der Waals surface area (Å²) in [7, 11) is -3.43. The van der Waals surface area contributed by atoms with E-state index in [1.165, 1.54) is 16.6 Å². The Balaban J connectivity index is 1.40. The van der Waals surface area contributed by atoms with Crippen LogP contribution >= 0.6 is 0 Å². The Labute approximate surface area is 172 Å². The first kappa shape index (κ1) is 20.3. The minimum absolute atomic E-state index is 0.162. The predicted molar refractivity (Wildman–Crippen MR) is 111 cm³/mol. The van der Waals surface area contributed by atoms with Crippen LogP contribution in [0.25, 0.3) is 0 Å². The second kappa shape index (κ2) is 8.77. The molecule has 156 valence electrons. The average Bonchev–Trinajstić information content (AvgIpc) is 3.18. The molecule has 1 aromatic carbocycles. The summed E-state index contributed by atoms with van der Waals surface area (Å²) in [6.07, 6.45) is 4.26. The van der Waals surface area contributed by atoms with Gasteiger partial charge in [-0.2, -0.15) is 4.31 Å². The third-order valence-corrected chi connectivity index (χ3v) is 7.57. The first-order chi connectivity index (χ1) is 14.0. The number of nitrogens with zero attached hydrogens (tertiary/aromatic N) is 4. The monoisotopic (exact) mass is 418 g/mol. The summed E-state index contributed by atoms with van der Waals surface area (Å²) in [5, 5.41) is 0. The van der Waals surface area contributed by atoms with Crippen molar-refractivity contribution < 1.29 is 12.8 Å². The molecule has 0 unspecified atom stereocenters. The van der Waals surface area contributed by atoms with Gasteiger partial charge in [-0.1, -0.05) is 18.2 Å². The maximum absolute atomic E-state index is 13.9. The molecule has 6 nitrogen and oxygen atoms in total. The number of benzene rings is 1. The normalized spacial score (nSPS) is 19.4. The highest BCUT2D eigenvalue weighted by Crippen LogP contribution is 2.22. The summed E-state index contributed by atoms with van der Waals surface area (Å²) >= 11 is 0. The van der Waals surface area contributed by atoms with Crippen LogP contribution in [0.5, 0.6) is 0 Å². The zero-order valence-corrected chi connectivity index (χ0v) is 17.3. The summed E-state index contributed by atoms with van der Waals surface area (Å²) in [4.78, 5) is 9.14. The number of pyridine rings is 1. The molecule has 0 radical (unpaired) electrons. The molecule has 0 bridgehead atoms. The van der Waals surface area contributed by atoms with Crippen molar-refractivity contribution in [2.24, 2.45) is 0 Å². The minimum atomic E-state index is -3.43. The van der Waals surface area contributed by atoms with Crippen molar-refractivity contribution in [2.45, 2.75) is 30.7 Å². The number of rotatable bonds is 5. The maximum atomic E-state index is 13.9. The first-order valence-electron chi connectivity index (χ1n) is 10.2. The van der Waals surface area contributed by atoms with E-state index in [-0.39, 0.29) is 10.7 Å². The Bertz CT molecular complexity index is 930. The molecule has 0 atom stereocenters. The standard InChI is InChI=1S/C21H27FN4O2S/c22-20-7-2-1-6-18(20)17-24-10-5-11-25(15-14-24)21-9-8-19(16-23-21)29(27,28)26-12-3-4-13-26/h1-2,6-9,16H,3-5,10-15,17H2. The van der Waals surface area contributed by atoms with Gasteiger partial charge in [0.1, 0.15) is 16.5 Å². The fourth-order valence-corrected chi connectivity index (χ4v) is 5.48. The largest absolute Gasteiger partial charge is 0.355 e. The van der Waals surface area contributed by atoms with Crippen LogP contribution in [0.2, 0.25) is 0 Å². The molecule has 0 amide bonds. The van der Waals surface area contributed by atoms with Crippen molar-refractivity contribution in [1.82, 2.24) is 14.2 Å². The van der Waals surface area contributed by atoms with Gasteiger partial charge in [-0.3, -0.25) is 4.90 Å². The zero-order valence-electron chi connectivity index (χ0n) is 16.5. The second-order valence-electron chi connectivity index (χ2n) is 7.67. The summed E-state index contributed by atoms with van der Waals surface area (Å²) in [5.41, 5.74) is 0.718. The lowest BCUT2D eigenvalue weighted by molar-refractivity contribution is 0.281. The highest BCUT2D eigenvalue weighted by Gasteiger charge is 2.27. The van der Waals surface area contributed by atoms with E-state index < -0.39 is 10.0 Å². The van der Waals surface area contributed by atoms with E-state index in [4.69, 9.17) is 0 Å². The molecule has 2 aliphatic rings. The van der Waals surface area contributed by atoms with Crippen molar-refractivity contribution >= 4 is 15.8 Å². The maximum Gasteiger partial charge on any atom is 0.244 e.